The fraction of sp³-hybridized carbons (Fsp3) is 0.0370. The smallest absolute Gasteiger partial charge is 0.270 e. The molecule has 162 valence electrons. The molecule has 6 heteroatoms. The summed E-state index contributed by atoms with van der Waals surface area (Å²) in [6.07, 6.45) is 1.87. The van der Waals surface area contributed by atoms with Crippen LogP contribution in [0.5, 0.6) is 5.75 Å². The van der Waals surface area contributed by atoms with Crippen LogP contribution in [0, 0.1) is 0 Å². The Labute approximate surface area is 210 Å². The number of carbonyl (C=O) groups excluding carboxylic acids is 1. The zero-order chi connectivity index (χ0) is 22.8. The van der Waals surface area contributed by atoms with Crippen molar-refractivity contribution in [2.45, 2.75) is 6.61 Å². The van der Waals surface area contributed by atoms with Crippen LogP contribution in [0.25, 0.3) is 16.8 Å². The molecule has 1 aliphatic heterocycles. The van der Waals surface area contributed by atoms with Gasteiger partial charge < -0.3 is 4.74 Å². The second-order valence-corrected chi connectivity index (χ2v) is 10.1. The van der Waals surface area contributed by atoms with Crippen LogP contribution in [-0.4, -0.2) is 10.2 Å². The Hall–Kier alpha value is -2.93. The van der Waals surface area contributed by atoms with Gasteiger partial charge in [-0.15, -0.1) is 0 Å². The highest BCUT2D eigenvalue weighted by Crippen LogP contribution is 2.36. The number of thioether (sulfide) groups is 1. The van der Waals surface area contributed by atoms with Gasteiger partial charge >= 0.3 is 0 Å². The van der Waals surface area contributed by atoms with Crippen molar-refractivity contribution in [2.75, 3.05) is 4.90 Å². The molecule has 0 bridgehead atoms. The van der Waals surface area contributed by atoms with Gasteiger partial charge in [0.05, 0.1) is 10.6 Å². The number of amides is 1. The highest BCUT2D eigenvalue weighted by molar-refractivity contribution is 9.10. The third-order valence-electron chi connectivity index (χ3n) is 5.33. The second kappa shape index (κ2) is 9.51. The van der Waals surface area contributed by atoms with Gasteiger partial charge in [-0.2, -0.15) is 0 Å². The number of hydrogen-bond donors (Lipinski definition) is 0. The summed E-state index contributed by atoms with van der Waals surface area (Å²) in [4.78, 5) is 15.1. The number of benzene rings is 4. The minimum Gasteiger partial charge on any atom is -0.489 e. The van der Waals surface area contributed by atoms with E-state index in [4.69, 9.17) is 17.0 Å². The van der Waals surface area contributed by atoms with E-state index in [1.54, 1.807) is 4.90 Å². The first-order valence-corrected chi connectivity index (χ1v) is 12.3. The van der Waals surface area contributed by atoms with Gasteiger partial charge in [0, 0.05) is 4.47 Å². The first-order chi connectivity index (χ1) is 16.1. The van der Waals surface area contributed by atoms with E-state index in [2.05, 4.69) is 46.3 Å². The quantitative estimate of drug-likeness (QED) is 0.196. The lowest BCUT2D eigenvalue weighted by atomic mass is 10.1. The summed E-state index contributed by atoms with van der Waals surface area (Å²) in [6.45, 7) is 0.493. The van der Waals surface area contributed by atoms with Crippen LogP contribution in [0.2, 0.25) is 0 Å². The Morgan fingerprint density at radius 3 is 2.42 bits per heavy atom. The molecule has 0 N–H and O–H groups in total. The fourth-order valence-corrected chi connectivity index (χ4v) is 5.23. The van der Waals surface area contributed by atoms with E-state index >= 15 is 0 Å². The molecule has 0 spiro atoms. The zero-order valence-corrected chi connectivity index (χ0v) is 20.6. The summed E-state index contributed by atoms with van der Waals surface area (Å²) in [5.74, 6) is 0.672. The third-order valence-corrected chi connectivity index (χ3v) is 7.16. The molecule has 33 heavy (non-hydrogen) atoms. The van der Waals surface area contributed by atoms with E-state index in [1.807, 2.05) is 66.7 Å². The van der Waals surface area contributed by atoms with Crippen molar-refractivity contribution in [2.24, 2.45) is 0 Å². The normalized spacial score (nSPS) is 14.9. The molecule has 1 heterocycles. The molecule has 1 aliphatic rings. The molecule has 4 aromatic carbocycles. The van der Waals surface area contributed by atoms with Crippen molar-refractivity contribution in [3.8, 4) is 5.75 Å². The number of nitrogens with zero attached hydrogens (tertiary/aromatic N) is 1. The van der Waals surface area contributed by atoms with E-state index in [-0.39, 0.29) is 5.91 Å². The van der Waals surface area contributed by atoms with Crippen LogP contribution in [0.3, 0.4) is 0 Å². The van der Waals surface area contributed by atoms with Crippen LogP contribution in [0.1, 0.15) is 11.1 Å². The summed E-state index contributed by atoms with van der Waals surface area (Å²) >= 11 is 10.2. The Morgan fingerprint density at radius 2 is 1.64 bits per heavy atom. The molecule has 1 fully saturated rings. The predicted octanol–water partition coefficient (Wildman–Crippen LogP) is 7.59. The molecule has 4 aromatic rings. The predicted molar refractivity (Wildman–Crippen MR) is 145 cm³/mol. The van der Waals surface area contributed by atoms with Crippen molar-refractivity contribution in [3.63, 3.8) is 0 Å². The van der Waals surface area contributed by atoms with Gasteiger partial charge in [0.1, 0.15) is 12.4 Å². The molecule has 0 saturated carbocycles. The lowest BCUT2D eigenvalue weighted by Crippen LogP contribution is -2.27. The van der Waals surface area contributed by atoms with Crippen molar-refractivity contribution < 1.29 is 9.53 Å². The van der Waals surface area contributed by atoms with Crippen LogP contribution in [0.4, 0.5) is 5.69 Å². The number of thiocarbonyl (C=S) groups is 1. The van der Waals surface area contributed by atoms with Crippen LogP contribution in [-0.2, 0) is 11.4 Å². The molecule has 3 nitrogen and oxygen atoms in total. The maximum absolute atomic E-state index is 13.0. The summed E-state index contributed by atoms with van der Waals surface area (Å²) in [5, 5.41) is 2.40. The molecular weight excluding hydrogens is 514 g/mol. The topological polar surface area (TPSA) is 29.5 Å². The van der Waals surface area contributed by atoms with E-state index in [9.17, 15) is 4.79 Å². The number of hydrogen-bond acceptors (Lipinski definition) is 4. The molecular formula is C27H18BrNO2S2. The molecule has 0 aromatic heterocycles. The Bertz CT molecular complexity index is 1380. The maximum atomic E-state index is 13.0. The van der Waals surface area contributed by atoms with E-state index in [0.29, 0.717) is 15.8 Å². The average Bonchev–Trinajstić information content (AvgIpc) is 3.11. The molecule has 0 atom stereocenters. The highest BCUT2D eigenvalue weighted by atomic mass is 79.9. The van der Waals surface area contributed by atoms with Gasteiger partial charge in [-0.25, -0.2) is 0 Å². The van der Waals surface area contributed by atoms with Crippen molar-refractivity contribution >= 4 is 72.7 Å². The van der Waals surface area contributed by atoms with Crippen molar-refractivity contribution in [1.82, 2.24) is 0 Å². The Balaban J connectivity index is 1.29. The van der Waals surface area contributed by atoms with Gasteiger partial charge in [0.2, 0.25) is 0 Å². The number of ether oxygens (including phenoxy) is 1. The summed E-state index contributed by atoms with van der Waals surface area (Å²) in [5.41, 5.74) is 2.83. The minimum absolute atomic E-state index is 0.108. The Morgan fingerprint density at radius 1 is 0.909 bits per heavy atom. The van der Waals surface area contributed by atoms with Gasteiger partial charge in [0.25, 0.3) is 5.91 Å². The number of rotatable bonds is 5. The first kappa shape index (κ1) is 21.9. The minimum atomic E-state index is -0.108. The largest absolute Gasteiger partial charge is 0.489 e. The highest BCUT2D eigenvalue weighted by Gasteiger charge is 2.33. The molecule has 0 unspecified atom stereocenters. The summed E-state index contributed by atoms with van der Waals surface area (Å²) in [6, 6.07) is 29.8. The van der Waals surface area contributed by atoms with Crippen LogP contribution < -0.4 is 9.64 Å². The third kappa shape index (κ3) is 4.74. The van der Waals surface area contributed by atoms with Gasteiger partial charge in [-0.1, -0.05) is 94.5 Å². The standard InChI is InChI=1S/C27H18BrNO2S2/c28-21-10-12-22(13-11-21)29-26(30)25(33-27(29)32)16-18-8-14-23(15-9-18)31-17-20-6-3-5-19-4-1-2-7-24(19)20/h1-16H,17H2/b25-16+. The second-order valence-electron chi connectivity index (χ2n) is 7.49. The monoisotopic (exact) mass is 531 g/mol. The Kier molecular flexibility index (Phi) is 6.31. The van der Waals surface area contributed by atoms with Crippen LogP contribution >= 0.6 is 39.9 Å². The number of anilines is 1. The summed E-state index contributed by atoms with van der Waals surface area (Å²) < 4.78 is 7.51. The lowest BCUT2D eigenvalue weighted by molar-refractivity contribution is -0.113. The number of carbonyl (C=O) groups is 1. The molecule has 5 rings (SSSR count). The summed E-state index contributed by atoms with van der Waals surface area (Å²) in [7, 11) is 0. The average molecular weight is 532 g/mol. The van der Waals surface area contributed by atoms with Gasteiger partial charge in [-0.3, -0.25) is 9.69 Å². The molecule has 0 aliphatic carbocycles. The fourth-order valence-electron chi connectivity index (χ4n) is 3.67. The van der Waals surface area contributed by atoms with Crippen molar-refractivity contribution in [1.29, 1.82) is 0 Å². The molecule has 1 saturated heterocycles. The first-order valence-electron chi connectivity index (χ1n) is 10.3. The molecule has 1 amide bonds. The number of fused-ring (bicyclic) bond motifs is 1. The van der Waals surface area contributed by atoms with Gasteiger partial charge in [0.15, 0.2) is 4.32 Å². The lowest BCUT2D eigenvalue weighted by Gasteiger charge is -2.14. The van der Waals surface area contributed by atoms with Crippen LogP contribution in [0.15, 0.2) is 100 Å². The number of halogens is 1. The van der Waals surface area contributed by atoms with E-state index < -0.39 is 0 Å². The maximum Gasteiger partial charge on any atom is 0.270 e. The van der Waals surface area contributed by atoms with E-state index in [1.165, 1.54) is 22.5 Å². The SMILES string of the molecule is O=C1/C(=C\c2ccc(OCc3cccc4ccccc34)cc2)SC(=S)N1c1ccc(Br)cc1. The van der Waals surface area contributed by atoms with Gasteiger partial charge in [-0.05, 0) is 64.4 Å². The molecule has 0 radical (unpaired) electrons. The zero-order valence-electron chi connectivity index (χ0n) is 17.4. The van der Waals surface area contributed by atoms with E-state index in [0.717, 1.165) is 27.0 Å². The van der Waals surface area contributed by atoms with Crippen molar-refractivity contribution in [3.05, 3.63) is 112 Å².